The van der Waals surface area contributed by atoms with Gasteiger partial charge in [0.25, 0.3) is 5.91 Å². The SMILES string of the molecule is CCNC(=O)c1ccc(NCCCN(C)C)nn1. The van der Waals surface area contributed by atoms with Crippen LogP contribution in [0.25, 0.3) is 0 Å². The lowest BCUT2D eigenvalue weighted by Gasteiger charge is -2.09. The molecule has 0 radical (unpaired) electrons. The van der Waals surface area contributed by atoms with Crippen molar-refractivity contribution in [2.75, 3.05) is 39.0 Å². The van der Waals surface area contributed by atoms with Crippen molar-refractivity contribution in [3.05, 3.63) is 17.8 Å². The number of rotatable bonds is 7. The summed E-state index contributed by atoms with van der Waals surface area (Å²) in [5, 5.41) is 13.7. The van der Waals surface area contributed by atoms with E-state index in [1.165, 1.54) is 0 Å². The zero-order chi connectivity index (χ0) is 13.4. The highest BCUT2D eigenvalue weighted by atomic mass is 16.1. The summed E-state index contributed by atoms with van der Waals surface area (Å²) in [5.41, 5.74) is 0.343. The first-order chi connectivity index (χ1) is 8.63. The summed E-state index contributed by atoms with van der Waals surface area (Å²) >= 11 is 0. The summed E-state index contributed by atoms with van der Waals surface area (Å²) in [6, 6.07) is 3.44. The number of aromatic nitrogens is 2. The van der Waals surface area contributed by atoms with Crippen LogP contribution in [-0.2, 0) is 0 Å². The second-order valence-electron chi connectivity index (χ2n) is 4.25. The molecule has 0 fully saturated rings. The Bertz CT molecular complexity index is 363. The van der Waals surface area contributed by atoms with E-state index in [0.29, 0.717) is 18.1 Å². The molecule has 1 heterocycles. The third-order valence-corrected chi connectivity index (χ3v) is 2.32. The normalized spacial score (nSPS) is 10.4. The number of anilines is 1. The molecule has 0 atom stereocenters. The molecule has 6 heteroatoms. The van der Waals surface area contributed by atoms with Crippen LogP contribution in [0.5, 0.6) is 0 Å². The number of nitrogens with one attached hydrogen (secondary N) is 2. The van der Waals surface area contributed by atoms with Crippen molar-refractivity contribution in [3.63, 3.8) is 0 Å². The van der Waals surface area contributed by atoms with Crippen LogP contribution in [0.2, 0.25) is 0 Å². The van der Waals surface area contributed by atoms with Crippen LogP contribution in [0.4, 0.5) is 5.82 Å². The summed E-state index contributed by atoms with van der Waals surface area (Å²) in [5.74, 6) is 0.506. The molecule has 0 saturated heterocycles. The van der Waals surface area contributed by atoms with Crippen molar-refractivity contribution >= 4 is 11.7 Å². The highest BCUT2D eigenvalue weighted by Crippen LogP contribution is 2.02. The number of hydrogen-bond acceptors (Lipinski definition) is 5. The third kappa shape index (κ3) is 5.09. The molecule has 0 aliphatic carbocycles. The van der Waals surface area contributed by atoms with Crippen molar-refractivity contribution in [2.45, 2.75) is 13.3 Å². The lowest BCUT2D eigenvalue weighted by atomic mass is 10.3. The van der Waals surface area contributed by atoms with Crippen LogP contribution in [-0.4, -0.2) is 54.7 Å². The fourth-order valence-electron chi connectivity index (χ4n) is 1.41. The van der Waals surface area contributed by atoms with E-state index in [9.17, 15) is 4.79 Å². The Morgan fingerprint density at radius 3 is 2.67 bits per heavy atom. The number of hydrogen-bond donors (Lipinski definition) is 2. The molecule has 0 aromatic carbocycles. The van der Waals surface area contributed by atoms with Gasteiger partial charge in [-0.3, -0.25) is 4.79 Å². The summed E-state index contributed by atoms with van der Waals surface area (Å²) < 4.78 is 0. The quantitative estimate of drug-likeness (QED) is 0.694. The fourth-order valence-corrected chi connectivity index (χ4v) is 1.41. The van der Waals surface area contributed by atoms with E-state index >= 15 is 0 Å². The van der Waals surface area contributed by atoms with Crippen LogP contribution in [0.15, 0.2) is 12.1 Å². The molecule has 2 N–H and O–H groups in total. The minimum Gasteiger partial charge on any atom is -0.369 e. The minimum absolute atomic E-state index is 0.191. The molecular formula is C12H21N5O. The lowest BCUT2D eigenvalue weighted by Crippen LogP contribution is -2.24. The van der Waals surface area contributed by atoms with Crippen molar-refractivity contribution in [1.82, 2.24) is 20.4 Å². The molecule has 6 nitrogen and oxygen atoms in total. The molecule has 100 valence electrons. The van der Waals surface area contributed by atoms with Gasteiger partial charge in [-0.25, -0.2) is 0 Å². The van der Waals surface area contributed by atoms with Crippen molar-refractivity contribution in [2.24, 2.45) is 0 Å². The largest absolute Gasteiger partial charge is 0.369 e. The van der Waals surface area contributed by atoms with Gasteiger partial charge in [0.15, 0.2) is 5.69 Å². The number of carbonyl (C=O) groups is 1. The Morgan fingerprint density at radius 1 is 1.33 bits per heavy atom. The maximum atomic E-state index is 11.5. The van der Waals surface area contributed by atoms with Crippen LogP contribution >= 0.6 is 0 Å². The maximum absolute atomic E-state index is 11.5. The zero-order valence-corrected chi connectivity index (χ0v) is 11.2. The Balaban J connectivity index is 2.38. The minimum atomic E-state index is -0.191. The first-order valence-corrected chi connectivity index (χ1v) is 6.14. The van der Waals surface area contributed by atoms with Gasteiger partial charge in [-0.2, -0.15) is 0 Å². The van der Waals surface area contributed by atoms with E-state index in [4.69, 9.17) is 0 Å². The molecule has 0 aliphatic rings. The molecule has 0 bridgehead atoms. The lowest BCUT2D eigenvalue weighted by molar-refractivity contribution is 0.0950. The molecular weight excluding hydrogens is 230 g/mol. The number of nitrogens with zero attached hydrogens (tertiary/aromatic N) is 3. The van der Waals surface area contributed by atoms with Crippen LogP contribution in [0, 0.1) is 0 Å². The topological polar surface area (TPSA) is 70.2 Å². The van der Waals surface area contributed by atoms with E-state index in [1.807, 2.05) is 21.0 Å². The summed E-state index contributed by atoms with van der Waals surface area (Å²) in [6.45, 7) is 4.32. The average molecular weight is 251 g/mol. The summed E-state index contributed by atoms with van der Waals surface area (Å²) in [4.78, 5) is 13.6. The summed E-state index contributed by atoms with van der Waals surface area (Å²) in [6.07, 6.45) is 1.03. The standard InChI is InChI=1S/C12H21N5O/c1-4-13-12(18)10-6-7-11(16-15-10)14-8-5-9-17(2)3/h6-7H,4-5,8-9H2,1-3H3,(H,13,18)(H,14,16). The monoisotopic (exact) mass is 251 g/mol. The second-order valence-corrected chi connectivity index (χ2v) is 4.25. The first kappa shape index (κ1) is 14.4. The third-order valence-electron chi connectivity index (χ3n) is 2.32. The van der Waals surface area contributed by atoms with E-state index in [2.05, 4.69) is 25.7 Å². The van der Waals surface area contributed by atoms with Gasteiger partial charge in [0, 0.05) is 13.1 Å². The highest BCUT2D eigenvalue weighted by molar-refractivity contribution is 5.92. The molecule has 18 heavy (non-hydrogen) atoms. The Kier molecular flexibility index (Phi) is 6.07. The second kappa shape index (κ2) is 7.60. The predicted octanol–water partition coefficient (Wildman–Crippen LogP) is 0.590. The van der Waals surface area contributed by atoms with Crippen molar-refractivity contribution < 1.29 is 4.79 Å². The van der Waals surface area contributed by atoms with Crippen molar-refractivity contribution in [1.29, 1.82) is 0 Å². The van der Waals surface area contributed by atoms with Gasteiger partial charge in [0.05, 0.1) is 0 Å². The van der Waals surface area contributed by atoms with Gasteiger partial charge in [-0.05, 0) is 46.1 Å². The Hall–Kier alpha value is -1.69. The van der Waals surface area contributed by atoms with E-state index in [1.54, 1.807) is 12.1 Å². The van der Waals surface area contributed by atoms with Crippen LogP contribution in [0.3, 0.4) is 0 Å². The fraction of sp³-hybridized carbons (Fsp3) is 0.583. The Morgan fingerprint density at radius 2 is 2.11 bits per heavy atom. The van der Waals surface area contributed by atoms with Crippen LogP contribution < -0.4 is 10.6 Å². The number of amides is 1. The molecule has 1 aromatic rings. The molecule has 0 unspecified atom stereocenters. The molecule has 1 rings (SSSR count). The van der Waals surface area contributed by atoms with E-state index < -0.39 is 0 Å². The zero-order valence-electron chi connectivity index (χ0n) is 11.2. The molecule has 0 aliphatic heterocycles. The molecule has 1 amide bonds. The predicted molar refractivity (Wildman–Crippen MR) is 71.7 cm³/mol. The van der Waals surface area contributed by atoms with Crippen molar-refractivity contribution in [3.8, 4) is 0 Å². The first-order valence-electron chi connectivity index (χ1n) is 6.14. The number of carbonyl (C=O) groups excluding carboxylic acids is 1. The van der Waals surface area contributed by atoms with Gasteiger partial charge in [-0.1, -0.05) is 0 Å². The maximum Gasteiger partial charge on any atom is 0.271 e. The molecule has 0 spiro atoms. The van der Waals surface area contributed by atoms with Gasteiger partial charge >= 0.3 is 0 Å². The van der Waals surface area contributed by atoms with Gasteiger partial charge in [0.2, 0.25) is 0 Å². The Labute approximate surface area is 108 Å². The van der Waals surface area contributed by atoms with E-state index in [-0.39, 0.29) is 5.91 Å². The van der Waals surface area contributed by atoms with Crippen LogP contribution in [0.1, 0.15) is 23.8 Å². The molecule has 0 saturated carbocycles. The highest BCUT2D eigenvalue weighted by Gasteiger charge is 2.06. The van der Waals surface area contributed by atoms with E-state index in [0.717, 1.165) is 19.5 Å². The summed E-state index contributed by atoms with van der Waals surface area (Å²) in [7, 11) is 4.09. The average Bonchev–Trinajstić information content (AvgIpc) is 2.35. The van der Waals surface area contributed by atoms with Gasteiger partial charge < -0.3 is 15.5 Å². The smallest absolute Gasteiger partial charge is 0.271 e. The van der Waals surface area contributed by atoms with Gasteiger partial charge in [-0.15, -0.1) is 10.2 Å². The van der Waals surface area contributed by atoms with Gasteiger partial charge in [0.1, 0.15) is 5.82 Å². The molecule has 1 aromatic heterocycles.